The number of aromatic nitrogens is 2. The number of carboxylic acids is 1. The quantitative estimate of drug-likeness (QED) is 0.571. The van der Waals surface area contributed by atoms with Crippen LogP contribution in [0.5, 0.6) is 0 Å². The maximum Gasteiger partial charge on any atom is 0.490 e. The Morgan fingerprint density at radius 2 is 1.85 bits per heavy atom. The van der Waals surface area contributed by atoms with Crippen LogP contribution in [0.15, 0.2) is 42.6 Å². The fraction of sp³-hybridized carbons (Fsp3) is 0.607. The van der Waals surface area contributed by atoms with Gasteiger partial charge in [0.05, 0.1) is 12.5 Å². The Hall–Kier alpha value is -2.92. The van der Waals surface area contributed by atoms with Crippen LogP contribution in [0.2, 0.25) is 0 Å². The Balaban J connectivity index is 0.000000448. The van der Waals surface area contributed by atoms with Crippen molar-refractivity contribution in [2.45, 2.75) is 69.8 Å². The lowest BCUT2D eigenvalue weighted by Crippen LogP contribution is -2.60. The smallest absolute Gasteiger partial charge is 0.475 e. The van der Waals surface area contributed by atoms with Crippen molar-refractivity contribution in [3.63, 3.8) is 0 Å². The van der Waals surface area contributed by atoms with Crippen LogP contribution in [0.4, 0.5) is 13.2 Å². The monoisotopic (exact) mass is 550 g/mol. The summed E-state index contributed by atoms with van der Waals surface area (Å²) in [5.41, 5.74) is 1.48. The summed E-state index contributed by atoms with van der Waals surface area (Å²) >= 11 is 0. The van der Waals surface area contributed by atoms with E-state index < -0.39 is 17.7 Å². The van der Waals surface area contributed by atoms with Gasteiger partial charge < -0.3 is 14.7 Å². The maximum atomic E-state index is 14.1. The van der Waals surface area contributed by atoms with Gasteiger partial charge in [0.15, 0.2) is 5.60 Å². The second kappa shape index (κ2) is 12.1. The Morgan fingerprint density at radius 1 is 1.18 bits per heavy atom. The van der Waals surface area contributed by atoms with Crippen molar-refractivity contribution in [3.05, 3.63) is 53.9 Å². The van der Waals surface area contributed by atoms with Gasteiger partial charge in [0.25, 0.3) is 5.91 Å². The van der Waals surface area contributed by atoms with Gasteiger partial charge in [-0.25, -0.2) is 4.79 Å². The minimum Gasteiger partial charge on any atom is -0.475 e. The fourth-order valence-corrected chi connectivity index (χ4v) is 6.06. The summed E-state index contributed by atoms with van der Waals surface area (Å²) < 4.78 is 40.3. The van der Waals surface area contributed by atoms with Crippen LogP contribution >= 0.6 is 0 Å². The first kappa shape index (κ1) is 29.1. The van der Waals surface area contributed by atoms with Crippen molar-refractivity contribution in [1.29, 1.82) is 0 Å². The number of alkyl halides is 3. The largest absolute Gasteiger partial charge is 0.490 e. The number of carboxylic acid groups (broad SMARTS) is 1. The van der Waals surface area contributed by atoms with Crippen molar-refractivity contribution in [2.24, 2.45) is 5.92 Å². The number of carbonyl (C=O) groups excluding carboxylic acids is 1. The molecule has 3 aliphatic rings. The molecule has 0 radical (unpaired) electrons. The van der Waals surface area contributed by atoms with Crippen molar-refractivity contribution in [3.8, 4) is 0 Å². The second-order valence-corrected chi connectivity index (χ2v) is 10.9. The highest BCUT2D eigenvalue weighted by atomic mass is 19.4. The number of hydrogen-bond acceptors (Lipinski definition) is 5. The van der Waals surface area contributed by atoms with E-state index in [1.54, 1.807) is 0 Å². The SMILES string of the molecule is CC(C)n1nccc1C1CN(CC2CCCC2)CC12OCCN(Cc1ccccc1)C2=O.O=C(O)C(F)(F)F. The summed E-state index contributed by atoms with van der Waals surface area (Å²) in [6, 6.07) is 12.6. The van der Waals surface area contributed by atoms with Gasteiger partial charge in [0.2, 0.25) is 0 Å². The van der Waals surface area contributed by atoms with Crippen LogP contribution in [0.3, 0.4) is 0 Å². The third-order valence-corrected chi connectivity index (χ3v) is 7.83. The van der Waals surface area contributed by atoms with Gasteiger partial charge in [0.1, 0.15) is 0 Å². The molecule has 1 aliphatic carbocycles. The zero-order valence-corrected chi connectivity index (χ0v) is 22.4. The molecular formula is C28H37F3N4O4. The van der Waals surface area contributed by atoms with Gasteiger partial charge in [0, 0.05) is 50.7 Å². The van der Waals surface area contributed by atoms with E-state index >= 15 is 0 Å². The molecule has 11 heteroatoms. The van der Waals surface area contributed by atoms with Crippen LogP contribution in [-0.2, 0) is 20.9 Å². The van der Waals surface area contributed by atoms with Crippen LogP contribution in [0.1, 0.15) is 62.7 Å². The number of likely N-dealkylation sites (tertiary alicyclic amines) is 1. The number of benzene rings is 1. The number of morpholine rings is 1. The summed E-state index contributed by atoms with van der Waals surface area (Å²) in [6.45, 7) is 8.80. The van der Waals surface area contributed by atoms with E-state index in [1.165, 1.54) is 31.2 Å². The predicted molar refractivity (Wildman–Crippen MR) is 138 cm³/mol. The van der Waals surface area contributed by atoms with Crippen molar-refractivity contribution >= 4 is 11.9 Å². The van der Waals surface area contributed by atoms with E-state index in [0.29, 0.717) is 26.2 Å². The summed E-state index contributed by atoms with van der Waals surface area (Å²) in [4.78, 5) is 27.5. The van der Waals surface area contributed by atoms with Crippen molar-refractivity contribution in [1.82, 2.24) is 19.6 Å². The van der Waals surface area contributed by atoms with E-state index in [-0.39, 0.29) is 17.9 Å². The Morgan fingerprint density at radius 3 is 2.46 bits per heavy atom. The molecule has 1 saturated carbocycles. The summed E-state index contributed by atoms with van der Waals surface area (Å²) in [5.74, 6) is -1.87. The first-order chi connectivity index (χ1) is 18.5. The Bertz CT molecular complexity index is 1120. The molecule has 2 atom stereocenters. The van der Waals surface area contributed by atoms with Gasteiger partial charge in [-0.3, -0.25) is 14.4 Å². The van der Waals surface area contributed by atoms with E-state index in [1.807, 2.05) is 29.3 Å². The molecule has 2 aliphatic heterocycles. The van der Waals surface area contributed by atoms with Crippen LogP contribution < -0.4 is 0 Å². The molecule has 2 aromatic rings. The summed E-state index contributed by atoms with van der Waals surface area (Å²) in [5, 5.41) is 11.7. The first-order valence-corrected chi connectivity index (χ1v) is 13.5. The van der Waals surface area contributed by atoms with Gasteiger partial charge in [-0.1, -0.05) is 43.2 Å². The zero-order chi connectivity index (χ0) is 28.2. The third-order valence-electron chi connectivity index (χ3n) is 7.83. The first-order valence-electron chi connectivity index (χ1n) is 13.5. The highest BCUT2D eigenvalue weighted by Crippen LogP contribution is 2.43. The van der Waals surface area contributed by atoms with Crippen molar-refractivity contribution in [2.75, 3.05) is 32.8 Å². The number of halogens is 3. The fourth-order valence-electron chi connectivity index (χ4n) is 6.06. The summed E-state index contributed by atoms with van der Waals surface area (Å²) in [6.07, 6.45) is 2.10. The number of ether oxygens (including phenoxy) is 1. The van der Waals surface area contributed by atoms with Crippen molar-refractivity contribution < 1.29 is 32.6 Å². The Kier molecular flexibility index (Phi) is 9.00. The van der Waals surface area contributed by atoms with Crippen LogP contribution in [0.25, 0.3) is 0 Å². The molecule has 3 heterocycles. The molecule has 2 unspecified atom stereocenters. The lowest BCUT2D eigenvalue weighted by molar-refractivity contribution is -0.192. The Labute approximate surface area is 226 Å². The maximum absolute atomic E-state index is 14.1. The predicted octanol–water partition coefficient (Wildman–Crippen LogP) is 4.48. The second-order valence-electron chi connectivity index (χ2n) is 10.9. The number of nitrogens with zero attached hydrogens (tertiary/aromatic N) is 4. The molecule has 1 amide bonds. The van der Waals surface area contributed by atoms with Gasteiger partial charge >= 0.3 is 12.1 Å². The molecule has 39 heavy (non-hydrogen) atoms. The van der Waals surface area contributed by atoms with Gasteiger partial charge in [-0.15, -0.1) is 0 Å². The third kappa shape index (κ3) is 6.63. The highest BCUT2D eigenvalue weighted by Gasteiger charge is 2.58. The molecule has 214 valence electrons. The molecule has 3 fully saturated rings. The standard InChI is InChI=1S/C26H36N4O2.C2HF3O2/c1-20(2)30-24(12-13-27-30)23-18-28(16-21-10-6-7-11-21)19-26(23)25(31)29(14-15-32-26)17-22-8-4-3-5-9-22;3-2(4,5)1(6)7/h3-5,8-9,12-13,20-21,23H,6-7,10-11,14-19H2,1-2H3;(H,6,7). The lowest BCUT2D eigenvalue weighted by Gasteiger charge is -2.42. The molecule has 1 spiro atoms. The summed E-state index contributed by atoms with van der Waals surface area (Å²) in [7, 11) is 0. The average molecular weight is 551 g/mol. The molecular weight excluding hydrogens is 513 g/mol. The van der Waals surface area contributed by atoms with Crippen LogP contribution in [0, 0.1) is 5.92 Å². The average Bonchev–Trinajstić information content (AvgIpc) is 3.64. The van der Waals surface area contributed by atoms with Gasteiger partial charge in [-0.05, 0) is 44.2 Å². The normalized spacial score (nSPS) is 24.4. The molecule has 8 nitrogen and oxygen atoms in total. The lowest BCUT2D eigenvalue weighted by atomic mass is 9.85. The minimum absolute atomic E-state index is 0.000114. The van der Waals surface area contributed by atoms with E-state index in [9.17, 15) is 18.0 Å². The minimum atomic E-state index is -5.08. The highest BCUT2D eigenvalue weighted by molar-refractivity contribution is 5.88. The van der Waals surface area contributed by atoms with E-state index in [4.69, 9.17) is 14.6 Å². The van der Waals surface area contributed by atoms with E-state index in [2.05, 4.69) is 46.7 Å². The molecule has 1 aromatic heterocycles. The van der Waals surface area contributed by atoms with Gasteiger partial charge in [-0.2, -0.15) is 18.3 Å². The van der Waals surface area contributed by atoms with E-state index in [0.717, 1.165) is 24.7 Å². The number of amides is 1. The number of carbonyl (C=O) groups is 2. The molecule has 0 bridgehead atoms. The number of rotatable bonds is 6. The number of aliphatic carboxylic acids is 1. The molecule has 5 rings (SSSR count). The molecule has 2 saturated heterocycles. The number of hydrogen-bond donors (Lipinski definition) is 1. The molecule has 1 aromatic carbocycles. The topological polar surface area (TPSA) is 87.9 Å². The zero-order valence-electron chi connectivity index (χ0n) is 22.4. The molecule has 1 N–H and O–H groups in total. The van der Waals surface area contributed by atoms with Crippen LogP contribution in [-0.4, -0.2) is 81.1 Å².